The van der Waals surface area contributed by atoms with Crippen LogP contribution in [0.25, 0.3) is 0 Å². The van der Waals surface area contributed by atoms with Gasteiger partial charge in [0, 0.05) is 25.2 Å². The second-order valence-corrected chi connectivity index (χ2v) is 8.28. The fraction of sp³-hybridized carbons (Fsp3) is 0.652. The molecular formula is C23H39N3O. The van der Waals surface area contributed by atoms with Gasteiger partial charge in [-0.3, -0.25) is 0 Å². The summed E-state index contributed by atoms with van der Waals surface area (Å²) < 4.78 is 0. The second kappa shape index (κ2) is 11.6. The lowest BCUT2D eigenvalue weighted by Gasteiger charge is -2.41. The van der Waals surface area contributed by atoms with Crippen LogP contribution in [-0.4, -0.2) is 42.0 Å². The number of nitrogens with zero attached hydrogens (tertiary/aromatic N) is 1. The molecule has 0 aromatic heterocycles. The first-order valence-corrected chi connectivity index (χ1v) is 10.6. The Labute approximate surface area is 166 Å². The van der Waals surface area contributed by atoms with E-state index < -0.39 is 0 Å². The first kappa shape index (κ1) is 22.1. The molecule has 1 aliphatic heterocycles. The van der Waals surface area contributed by atoms with Crippen molar-refractivity contribution in [3.8, 4) is 0 Å². The van der Waals surface area contributed by atoms with Crippen LogP contribution in [0.1, 0.15) is 52.0 Å². The van der Waals surface area contributed by atoms with Crippen molar-refractivity contribution in [1.82, 2.24) is 15.8 Å². The van der Waals surface area contributed by atoms with E-state index in [0.29, 0.717) is 30.5 Å². The number of rotatable bonds is 11. The van der Waals surface area contributed by atoms with E-state index in [1.54, 1.807) is 0 Å². The molecule has 0 spiro atoms. The van der Waals surface area contributed by atoms with E-state index in [1.807, 2.05) is 0 Å². The van der Waals surface area contributed by atoms with E-state index in [4.69, 9.17) is 0 Å². The number of hydrazine groups is 1. The summed E-state index contributed by atoms with van der Waals surface area (Å²) in [6.07, 6.45) is 5.45. The second-order valence-electron chi connectivity index (χ2n) is 8.28. The van der Waals surface area contributed by atoms with E-state index in [1.165, 1.54) is 11.1 Å². The molecule has 4 heteroatoms. The van der Waals surface area contributed by atoms with Gasteiger partial charge >= 0.3 is 0 Å². The molecule has 2 rings (SSSR count). The summed E-state index contributed by atoms with van der Waals surface area (Å²) in [6.45, 7) is 12.7. The number of benzene rings is 1. The zero-order valence-electron chi connectivity index (χ0n) is 17.5. The minimum Gasteiger partial charge on any atom is -0.396 e. The lowest BCUT2D eigenvalue weighted by atomic mass is 9.90. The third-order valence-corrected chi connectivity index (χ3v) is 5.94. The molecular weight excluding hydrogens is 334 g/mol. The Balaban J connectivity index is 1.95. The fourth-order valence-corrected chi connectivity index (χ4v) is 3.69. The lowest BCUT2D eigenvalue weighted by Crippen LogP contribution is -2.59. The predicted molar refractivity (Wildman–Crippen MR) is 114 cm³/mol. The molecule has 1 fully saturated rings. The van der Waals surface area contributed by atoms with Gasteiger partial charge in [0.1, 0.15) is 0 Å². The Hall–Kier alpha value is -1.20. The molecule has 1 aromatic carbocycles. The first-order valence-electron chi connectivity index (χ1n) is 10.6. The van der Waals surface area contributed by atoms with Crippen LogP contribution in [0, 0.1) is 11.8 Å². The van der Waals surface area contributed by atoms with Gasteiger partial charge in [-0.1, -0.05) is 69.7 Å². The molecule has 0 saturated carbocycles. The van der Waals surface area contributed by atoms with Crippen molar-refractivity contribution in [2.45, 2.75) is 65.0 Å². The molecule has 3 atom stereocenters. The predicted octanol–water partition coefficient (Wildman–Crippen LogP) is 3.73. The van der Waals surface area contributed by atoms with Gasteiger partial charge < -0.3 is 10.4 Å². The van der Waals surface area contributed by atoms with Crippen molar-refractivity contribution in [3.63, 3.8) is 0 Å². The maximum absolute atomic E-state index is 9.56. The highest BCUT2D eigenvalue weighted by Gasteiger charge is 2.29. The topological polar surface area (TPSA) is 47.5 Å². The average Bonchev–Trinajstić information content (AvgIpc) is 2.69. The maximum atomic E-state index is 9.56. The molecule has 1 aliphatic rings. The number of nitrogens with one attached hydrogen (secondary N) is 2. The molecule has 3 N–H and O–H groups in total. The van der Waals surface area contributed by atoms with Crippen molar-refractivity contribution in [2.24, 2.45) is 11.8 Å². The quantitative estimate of drug-likeness (QED) is 0.517. The summed E-state index contributed by atoms with van der Waals surface area (Å²) in [5.74, 6) is 0.901. The van der Waals surface area contributed by atoms with Gasteiger partial charge in [0.25, 0.3) is 0 Å². The van der Waals surface area contributed by atoms with Crippen LogP contribution in [0.5, 0.6) is 0 Å². The van der Waals surface area contributed by atoms with Gasteiger partial charge in [-0.2, -0.15) is 0 Å². The van der Waals surface area contributed by atoms with Crippen LogP contribution in [0.3, 0.4) is 0 Å². The molecule has 1 aromatic rings. The van der Waals surface area contributed by atoms with Crippen LogP contribution in [0.2, 0.25) is 0 Å². The molecule has 152 valence electrons. The summed E-state index contributed by atoms with van der Waals surface area (Å²) in [4.78, 5) is 0. The van der Waals surface area contributed by atoms with Gasteiger partial charge in [-0.15, -0.1) is 0 Å². The molecule has 0 bridgehead atoms. The Morgan fingerprint density at radius 2 is 2.07 bits per heavy atom. The SMILES string of the molecule is C=C(CNN1CNC(C[C@H](CC)CO)CC1CCc1ccccc1)C(C)C. The molecule has 0 aliphatic carbocycles. The Kier molecular flexibility index (Phi) is 9.49. The van der Waals surface area contributed by atoms with Crippen LogP contribution >= 0.6 is 0 Å². The monoisotopic (exact) mass is 373 g/mol. The van der Waals surface area contributed by atoms with E-state index in [9.17, 15) is 5.11 Å². The lowest BCUT2D eigenvalue weighted by molar-refractivity contribution is 0.0472. The fourth-order valence-electron chi connectivity index (χ4n) is 3.69. The number of hydrogen-bond acceptors (Lipinski definition) is 4. The van der Waals surface area contributed by atoms with Crippen LogP contribution < -0.4 is 10.7 Å². The van der Waals surface area contributed by atoms with Crippen LogP contribution in [-0.2, 0) is 6.42 Å². The van der Waals surface area contributed by atoms with Gasteiger partial charge in [-0.25, -0.2) is 10.4 Å². The summed E-state index contributed by atoms with van der Waals surface area (Å²) in [5.41, 5.74) is 6.26. The van der Waals surface area contributed by atoms with Crippen molar-refractivity contribution in [3.05, 3.63) is 48.0 Å². The largest absolute Gasteiger partial charge is 0.396 e. The van der Waals surface area contributed by atoms with E-state index in [-0.39, 0.29) is 0 Å². The molecule has 27 heavy (non-hydrogen) atoms. The third-order valence-electron chi connectivity index (χ3n) is 5.94. The Morgan fingerprint density at radius 1 is 1.33 bits per heavy atom. The third kappa shape index (κ3) is 7.38. The van der Waals surface area contributed by atoms with Crippen molar-refractivity contribution < 1.29 is 5.11 Å². The van der Waals surface area contributed by atoms with E-state index >= 15 is 0 Å². The number of aliphatic hydroxyl groups excluding tert-OH is 1. The summed E-state index contributed by atoms with van der Waals surface area (Å²) in [5, 5.41) is 15.6. The zero-order chi connectivity index (χ0) is 19.6. The summed E-state index contributed by atoms with van der Waals surface area (Å²) >= 11 is 0. The smallest absolute Gasteiger partial charge is 0.0626 e. The number of aliphatic hydroxyl groups is 1. The first-order chi connectivity index (χ1) is 13.0. The summed E-state index contributed by atoms with van der Waals surface area (Å²) in [6, 6.07) is 11.7. The van der Waals surface area contributed by atoms with Crippen LogP contribution in [0.4, 0.5) is 0 Å². The number of aryl methyl sites for hydroxylation is 1. The molecule has 0 radical (unpaired) electrons. The minimum absolute atomic E-state index is 0.291. The highest BCUT2D eigenvalue weighted by Crippen LogP contribution is 2.22. The molecule has 1 saturated heterocycles. The zero-order valence-corrected chi connectivity index (χ0v) is 17.5. The summed E-state index contributed by atoms with van der Waals surface area (Å²) in [7, 11) is 0. The normalized spacial score (nSPS) is 22.1. The van der Waals surface area contributed by atoms with E-state index in [0.717, 1.165) is 45.3 Å². The van der Waals surface area contributed by atoms with Crippen LogP contribution in [0.15, 0.2) is 42.5 Å². The average molecular weight is 374 g/mol. The van der Waals surface area contributed by atoms with Gasteiger partial charge in [0.15, 0.2) is 0 Å². The molecule has 1 heterocycles. The van der Waals surface area contributed by atoms with Crippen molar-refractivity contribution in [2.75, 3.05) is 19.8 Å². The highest BCUT2D eigenvalue weighted by molar-refractivity contribution is 5.15. The molecule has 0 amide bonds. The van der Waals surface area contributed by atoms with Gasteiger partial charge in [0.05, 0.1) is 6.67 Å². The Morgan fingerprint density at radius 3 is 2.70 bits per heavy atom. The molecule has 4 nitrogen and oxygen atoms in total. The van der Waals surface area contributed by atoms with E-state index in [2.05, 4.69) is 73.4 Å². The highest BCUT2D eigenvalue weighted by atomic mass is 16.3. The number of hydrogen-bond donors (Lipinski definition) is 3. The van der Waals surface area contributed by atoms with Gasteiger partial charge in [0.2, 0.25) is 0 Å². The van der Waals surface area contributed by atoms with Crippen molar-refractivity contribution >= 4 is 0 Å². The van der Waals surface area contributed by atoms with Crippen molar-refractivity contribution in [1.29, 1.82) is 0 Å². The molecule has 2 unspecified atom stereocenters. The van der Waals surface area contributed by atoms with Gasteiger partial charge in [-0.05, 0) is 43.1 Å². The minimum atomic E-state index is 0.291. The maximum Gasteiger partial charge on any atom is 0.0626 e. The Bertz CT molecular complexity index is 542. The standard InChI is InChI=1S/C23H39N3O/c1-5-20(16-27)13-22-14-23(12-11-21-9-7-6-8-10-21)26(17-24-22)25-15-19(4)18(2)3/h6-10,18,20,22-25,27H,4-5,11-17H2,1-3H3/t20-,22?,23?/m0/s1.